The Kier molecular flexibility index (Phi) is 3.91. The molecule has 1 saturated carbocycles. The van der Waals surface area contributed by atoms with Crippen molar-refractivity contribution in [2.24, 2.45) is 16.7 Å². The summed E-state index contributed by atoms with van der Waals surface area (Å²) in [4.78, 5) is 25.2. The summed E-state index contributed by atoms with van der Waals surface area (Å²) in [5, 5.41) is 9.95. The van der Waals surface area contributed by atoms with E-state index in [9.17, 15) is 14.7 Å². The lowest BCUT2D eigenvalue weighted by Gasteiger charge is -2.40. The minimum absolute atomic E-state index is 0.0249. The molecule has 0 unspecified atom stereocenters. The molecule has 5 heteroatoms. The molecule has 98 valence electrons. The fourth-order valence-corrected chi connectivity index (χ4v) is 3.73. The van der Waals surface area contributed by atoms with Crippen LogP contribution in [0.4, 0.5) is 0 Å². The van der Waals surface area contributed by atoms with E-state index in [0.29, 0.717) is 18.2 Å². The molecule has 1 N–H and O–H groups in total. The van der Waals surface area contributed by atoms with Crippen molar-refractivity contribution in [3.8, 4) is 0 Å². The summed E-state index contributed by atoms with van der Waals surface area (Å²) in [5.41, 5.74) is -1.38. The van der Waals surface area contributed by atoms with Crippen molar-refractivity contribution in [3.05, 3.63) is 0 Å². The highest BCUT2D eigenvalue weighted by Gasteiger charge is 2.60. The van der Waals surface area contributed by atoms with Crippen molar-refractivity contribution in [3.63, 3.8) is 0 Å². The minimum Gasteiger partial charge on any atom is -0.481 e. The maximum atomic E-state index is 12.1. The standard InChI is InChI=1S/C12H20BrNO3/c1-11(10(16)17)6-5-8(9(15)14(3)4)12(11,2)7-13/h8H,5-7H2,1-4H3,(H,16,17)/t8-,11-,12-/m1/s1. The zero-order valence-electron chi connectivity index (χ0n) is 10.8. The average Bonchev–Trinajstić information content (AvgIpc) is 2.53. The molecule has 0 saturated heterocycles. The van der Waals surface area contributed by atoms with Gasteiger partial charge in [0.25, 0.3) is 0 Å². The molecule has 4 nitrogen and oxygen atoms in total. The predicted molar refractivity (Wildman–Crippen MR) is 69.1 cm³/mol. The molecule has 1 aliphatic rings. The molecule has 3 atom stereocenters. The number of amides is 1. The first-order valence-electron chi connectivity index (χ1n) is 5.71. The van der Waals surface area contributed by atoms with Crippen LogP contribution < -0.4 is 0 Å². The van der Waals surface area contributed by atoms with Gasteiger partial charge >= 0.3 is 5.97 Å². The van der Waals surface area contributed by atoms with Gasteiger partial charge < -0.3 is 10.0 Å². The topological polar surface area (TPSA) is 57.6 Å². The smallest absolute Gasteiger partial charge is 0.309 e. The van der Waals surface area contributed by atoms with Gasteiger partial charge in [-0.15, -0.1) is 0 Å². The molecule has 0 bridgehead atoms. The lowest BCUT2D eigenvalue weighted by Crippen LogP contribution is -2.48. The summed E-state index contributed by atoms with van der Waals surface area (Å²) in [5.74, 6) is -1.01. The SMILES string of the molecule is CN(C)C(=O)[C@H]1CC[C@](C)(C(=O)O)[C@]1(C)CBr. The van der Waals surface area contributed by atoms with Crippen molar-refractivity contribution in [1.29, 1.82) is 0 Å². The van der Waals surface area contributed by atoms with Crippen LogP contribution in [-0.2, 0) is 9.59 Å². The average molecular weight is 306 g/mol. The Labute approximate surface area is 110 Å². The third-order valence-electron chi connectivity index (χ3n) is 4.45. The molecule has 0 aromatic rings. The number of nitrogens with zero attached hydrogens (tertiary/aromatic N) is 1. The van der Waals surface area contributed by atoms with Crippen LogP contribution in [0, 0.1) is 16.7 Å². The number of carbonyl (C=O) groups excluding carboxylic acids is 1. The predicted octanol–water partition coefficient (Wildman–Crippen LogP) is 1.98. The first-order chi connectivity index (χ1) is 7.70. The van der Waals surface area contributed by atoms with E-state index in [-0.39, 0.29) is 11.8 Å². The van der Waals surface area contributed by atoms with E-state index >= 15 is 0 Å². The van der Waals surface area contributed by atoms with Crippen LogP contribution in [0.1, 0.15) is 26.7 Å². The molecule has 1 aliphatic carbocycles. The van der Waals surface area contributed by atoms with Gasteiger partial charge in [-0.25, -0.2) is 0 Å². The second kappa shape index (κ2) is 4.59. The molecule has 0 aromatic carbocycles. The number of rotatable bonds is 3. The highest BCUT2D eigenvalue weighted by Crippen LogP contribution is 2.57. The number of halogens is 1. The van der Waals surface area contributed by atoms with Crippen molar-refractivity contribution in [1.82, 2.24) is 4.90 Å². The van der Waals surface area contributed by atoms with Gasteiger partial charge in [-0.2, -0.15) is 0 Å². The highest BCUT2D eigenvalue weighted by atomic mass is 79.9. The van der Waals surface area contributed by atoms with Crippen LogP contribution in [0.15, 0.2) is 0 Å². The van der Waals surface area contributed by atoms with E-state index < -0.39 is 16.8 Å². The number of carboxylic acids is 1. The molecular weight excluding hydrogens is 286 g/mol. The largest absolute Gasteiger partial charge is 0.481 e. The molecule has 0 heterocycles. The maximum absolute atomic E-state index is 12.1. The maximum Gasteiger partial charge on any atom is 0.309 e. The molecule has 1 rings (SSSR count). The third kappa shape index (κ3) is 1.98. The van der Waals surface area contributed by atoms with Crippen molar-refractivity contribution in [2.75, 3.05) is 19.4 Å². The second-order valence-electron chi connectivity index (χ2n) is 5.51. The Balaban J connectivity index is 3.15. The summed E-state index contributed by atoms with van der Waals surface area (Å²) in [6, 6.07) is 0. The van der Waals surface area contributed by atoms with Crippen LogP contribution in [-0.4, -0.2) is 41.3 Å². The Morgan fingerprint density at radius 1 is 1.41 bits per heavy atom. The fourth-order valence-electron chi connectivity index (χ4n) is 2.72. The van der Waals surface area contributed by atoms with Crippen molar-refractivity contribution >= 4 is 27.8 Å². The zero-order chi connectivity index (χ0) is 13.4. The van der Waals surface area contributed by atoms with Gasteiger partial charge in [-0.05, 0) is 19.8 Å². The minimum atomic E-state index is -0.840. The second-order valence-corrected chi connectivity index (χ2v) is 6.07. The van der Waals surface area contributed by atoms with Gasteiger partial charge in [0.15, 0.2) is 0 Å². The quantitative estimate of drug-likeness (QED) is 0.811. The van der Waals surface area contributed by atoms with E-state index in [1.54, 1.807) is 25.9 Å². The summed E-state index contributed by atoms with van der Waals surface area (Å²) in [6.45, 7) is 3.65. The Hall–Kier alpha value is -0.580. The fraction of sp³-hybridized carbons (Fsp3) is 0.833. The summed E-state index contributed by atoms with van der Waals surface area (Å²) >= 11 is 3.40. The summed E-state index contributed by atoms with van der Waals surface area (Å²) < 4.78 is 0. The van der Waals surface area contributed by atoms with Gasteiger partial charge in [0.2, 0.25) is 5.91 Å². The number of hydrogen-bond acceptors (Lipinski definition) is 2. The molecular formula is C12H20BrNO3. The third-order valence-corrected chi connectivity index (χ3v) is 5.62. The highest BCUT2D eigenvalue weighted by molar-refractivity contribution is 9.09. The van der Waals surface area contributed by atoms with Crippen LogP contribution in [0.5, 0.6) is 0 Å². The summed E-state index contributed by atoms with van der Waals surface area (Å²) in [7, 11) is 3.43. The number of hydrogen-bond donors (Lipinski definition) is 1. The number of carboxylic acid groups (broad SMARTS) is 1. The Morgan fingerprint density at radius 3 is 2.29 bits per heavy atom. The molecule has 0 aromatic heterocycles. The first-order valence-corrected chi connectivity index (χ1v) is 6.83. The van der Waals surface area contributed by atoms with Crippen molar-refractivity contribution in [2.45, 2.75) is 26.7 Å². The van der Waals surface area contributed by atoms with E-state index in [1.165, 1.54) is 0 Å². The lowest BCUT2D eigenvalue weighted by atomic mass is 9.65. The van der Waals surface area contributed by atoms with Crippen LogP contribution in [0.25, 0.3) is 0 Å². The molecule has 17 heavy (non-hydrogen) atoms. The number of aliphatic carboxylic acids is 1. The molecule has 1 fully saturated rings. The van der Waals surface area contributed by atoms with E-state index in [2.05, 4.69) is 15.9 Å². The lowest BCUT2D eigenvalue weighted by molar-refractivity contribution is -0.155. The van der Waals surface area contributed by atoms with Crippen LogP contribution in [0.3, 0.4) is 0 Å². The van der Waals surface area contributed by atoms with Gasteiger partial charge in [0.05, 0.1) is 5.41 Å². The van der Waals surface area contributed by atoms with Crippen molar-refractivity contribution < 1.29 is 14.7 Å². The van der Waals surface area contributed by atoms with Crippen LogP contribution >= 0.6 is 15.9 Å². The summed E-state index contributed by atoms with van der Waals surface area (Å²) in [6.07, 6.45) is 1.19. The van der Waals surface area contributed by atoms with E-state index in [4.69, 9.17) is 0 Å². The normalized spacial score (nSPS) is 36.9. The molecule has 0 aliphatic heterocycles. The van der Waals surface area contributed by atoms with Crippen LogP contribution in [0.2, 0.25) is 0 Å². The zero-order valence-corrected chi connectivity index (χ0v) is 12.4. The molecule has 1 amide bonds. The van der Waals surface area contributed by atoms with Gasteiger partial charge in [0, 0.05) is 30.8 Å². The molecule has 0 spiro atoms. The first kappa shape index (κ1) is 14.5. The van der Waals surface area contributed by atoms with E-state index in [0.717, 1.165) is 0 Å². The Bertz CT molecular complexity index is 345. The number of alkyl halides is 1. The van der Waals surface area contributed by atoms with Gasteiger partial charge in [-0.1, -0.05) is 22.9 Å². The van der Waals surface area contributed by atoms with Gasteiger partial charge in [0.1, 0.15) is 0 Å². The van der Waals surface area contributed by atoms with E-state index in [1.807, 2.05) is 6.92 Å². The molecule has 0 radical (unpaired) electrons. The monoisotopic (exact) mass is 305 g/mol. The van der Waals surface area contributed by atoms with Gasteiger partial charge in [-0.3, -0.25) is 9.59 Å². The Morgan fingerprint density at radius 2 is 1.94 bits per heavy atom. The number of carbonyl (C=O) groups is 2.